The lowest BCUT2D eigenvalue weighted by molar-refractivity contribution is -0.114. The first-order valence-electron chi connectivity index (χ1n) is 7.64. The summed E-state index contributed by atoms with van der Waals surface area (Å²) in [5.41, 5.74) is -0.161. The first kappa shape index (κ1) is 16.7. The molecular formula is C17H22N2O2S. The number of nitrogens with zero attached hydrogens (tertiary/aromatic N) is 2. The number of methoxy groups -OCH3 is 1. The van der Waals surface area contributed by atoms with Gasteiger partial charge in [0.05, 0.1) is 7.11 Å². The smallest absolute Gasteiger partial charge is 0.229 e. The highest BCUT2D eigenvalue weighted by Crippen LogP contribution is 2.47. The number of hydrogen-bond acceptors (Lipinski definition) is 5. The molecular weight excluding hydrogens is 296 g/mol. The SMILES string of the molecule is CCSC(=O)C(C#N)(C1CC1)N(CC)c1ccc(OC)cc1. The molecule has 1 saturated carbocycles. The van der Waals surface area contributed by atoms with Crippen molar-refractivity contribution in [2.45, 2.75) is 32.2 Å². The lowest BCUT2D eigenvalue weighted by Gasteiger charge is -2.38. The van der Waals surface area contributed by atoms with E-state index < -0.39 is 5.54 Å². The summed E-state index contributed by atoms with van der Waals surface area (Å²) in [7, 11) is 1.62. The van der Waals surface area contributed by atoms with Gasteiger partial charge in [0.2, 0.25) is 5.12 Å². The molecule has 1 atom stereocenters. The number of anilines is 1. The molecule has 22 heavy (non-hydrogen) atoms. The molecule has 1 aromatic carbocycles. The fourth-order valence-corrected chi connectivity index (χ4v) is 3.64. The van der Waals surface area contributed by atoms with Crippen LogP contribution in [0.25, 0.3) is 0 Å². The van der Waals surface area contributed by atoms with Crippen LogP contribution < -0.4 is 9.64 Å². The predicted octanol–water partition coefficient (Wildman–Crippen LogP) is 3.47. The third-order valence-corrected chi connectivity index (χ3v) is 4.91. The molecule has 0 spiro atoms. The van der Waals surface area contributed by atoms with Gasteiger partial charge in [0, 0.05) is 18.2 Å². The topological polar surface area (TPSA) is 53.3 Å². The number of thioether (sulfide) groups is 1. The maximum Gasteiger partial charge on any atom is 0.229 e. The van der Waals surface area contributed by atoms with Gasteiger partial charge in [0.25, 0.3) is 0 Å². The minimum absolute atomic E-state index is 0.0299. The molecule has 1 unspecified atom stereocenters. The van der Waals surface area contributed by atoms with Crippen molar-refractivity contribution >= 4 is 22.6 Å². The number of rotatable bonds is 7. The zero-order valence-electron chi connectivity index (χ0n) is 13.3. The molecule has 1 aliphatic carbocycles. The van der Waals surface area contributed by atoms with Crippen LogP contribution >= 0.6 is 11.8 Å². The summed E-state index contributed by atoms with van der Waals surface area (Å²) >= 11 is 1.25. The van der Waals surface area contributed by atoms with E-state index >= 15 is 0 Å². The first-order valence-corrected chi connectivity index (χ1v) is 8.62. The van der Waals surface area contributed by atoms with E-state index in [9.17, 15) is 10.1 Å². The summed E-state index contributed by atoms with van der Waals surface area (Å²) in [5.74, 6) is 1.59. The van der Waals surface area contributed by atoms with Crippen LogP contribution in [0.4, 0.5) is 5.69 Å². The first-order chi connectivity index (χ1) is 10.6. The van der Waals surface area contributed by atoms with Gasteiger partial charge in [-0.1, -0.05) is 18.7 Å². The zero-order chi connectivity index (χ0) is 16.2. The van der Waals surface area contributed by atoms with Crippen molar-refractivity contribution < 1.29 is 9.53 Å². The molecule has 1 aromatic rings. The monoisotopic (exact) mass is 318 g/mol. The molecule has 0 heterocycles. The van der Waals surface area contributed by atoms with E-state index in [1.54, 1.807) is 7.11 Å². The van der Waals surface area contributed by atoms with Gasteiger partial charge in [-0.15, -0.1) is 0 Å². The zero-order valence-corrected chi connectivity index (χ0v) is 14.2. The van der Waals surface area contributed by atoms with Gasteiger partial charge < -0.3 is 9.64 Å². The quantitative estimate of drug-likeness (QED) is 0.770. The minimum Gasteiger partial charge on any atom is -0.497 e. The van der Waals surface area contributed by atoms with Crippen LogP contribution in [0.1, 0.15) is 26.7 Å². The molecule has 2 rings (SSSR count). The van der Waals surface area contributed by atoms with E-state index in [2.05, 4.69) is 6.07 Å². The van der Waals surface area contributed by atoms with Gasteiger partial charge in [-0.05, 0) is 49.8 Å². The molecule has 0 saturated heterocycles. The van der Waals surface area contributed by atoms with Crippen molar-refractivity contribution in [3.05, 3.63) is 24.3 Å². The molecule has 0 aromatic heterocycles. The van der Waals surface area contributed by atoms with Crippen LogP contribution in [0.3, 0.4) is 0 Å². The highest BCUT2D eigenvalue weighted by atomic mass is 32.2. The number of ether oxygens (including phenoxy) is 1. The molecule has 0 N–H and O–H groups in total. The lowest BCUT2D eigenvalue weighted by Crippen LogP contribution is -2.55. The molecule has 0 aliphatic heterocycles. The second kappa shape index (κ2) is 7.06. The van der Waals surface area contributed by atoms with Crippen LogP contribution in [0.2, 0.25) is 0 Å². The lowest BCUT2D eigenvalue weighted by atomic mass is 9.93. The summed E-state index contributed by atoms with van der Waals surface area (Å²) < 4.78 is 5.19. The van der Waals surface area contributed by atoms with Crippen LogP contribution in [0.5, 0.6) is 5.75 Å². The third kappa shape index (κ3) is 2.93. The summed E-state index contributed by atoms with van der Waals surface area (Å²) in [4.78, 5) is 14.7. The molecule has 0 radical (unpaired) electrons. The Morgan fingerprint density at radius 3 is 2.45 bits per heavy atom. The third-order valence-electron chi connectivity index (χ3n) is 4.05. The normalized spacial score (nSPS) is 16.5. The fourth-order valence-electron chi connectivity index (χ4n) is 2.83. The van der Waals surface area contributed by atoms with Crippen molar-refractivity contribution in [1.82, 2.24) is 0 Å². The Kier molecular flexibility index (Phi) is 5.36. The summed E-state index contributed by atoms with van der Waals surface area (Å²) in [6, 6.07) is 9.93. The van der Waals surface area contributed by atoms with Crippen LogP contribution in [-0.4, -0.2) is 30.1 Å². The van der Waals surface area contributed by atoms with Crippen LogP contribution in [0.15, 0.2) is 24.3 Å². The van der Waals surface area contributed by atoms with E-state index in [0.717, 1.165) is 24.3 Å². The number of carbonyl (C=O) groups is 1. The summed E-state index contributed by atoms with van der Waals surface area (Å²) in [6.45, 7) is 4.55. The maximum absolute atomic E-state index is 12.7. The molecule has 0 amide bonds. The highest BCUT2D eigenvalue weighted by molar-refractivity contribution is 8.13. The Morgan fingerprint density at radius 1 is 1.41 bits per heavy atom. The maximum atomic E-state index is 12.7. The number of nitriles is 1. The van der Waals surface area contributed by atoms with Gasteiger partial charge in [0.1, 0.15) is 11.8 Å². The van der Waals surface area contributed by atoms with Gasteiger partial charge in [0.15, 0.2) is 5.54 Å². The molecule has 118 valence electrons. The van der Waals surface area contributed by atoms with Crippen molar-refractivity contribution in [1.29, 1.82) is 5.26 Å². The average molecular weight is 318 g/mol. The number of carbonyl (C=O) groups excluding carboxylic acids is 1. The Morgan fingerprint density at radius 2 is 2.05 bits per heavy atom. The van der Waals surface area contributed by atoms with Crippen molar-refractivity contribution in [2.75, 3.05) is 24.3 Å². The van der Waals surface area contributed by atoms with E-state index in [1.165, 1.54) is 11.8 Å². The molecule has 1 fully saturated rings. The fraction of sp³-hybridized carbons (Fsp3) is 0.529. The van der Waals surface area contributed by atoms with Gasteiger partial charge >= 0.3 is 0 Å². The molecule has 0 bridgehead atoms. The molecule has 1 aliphatic rings. The van der Waals surface area contributed by atoms with E-state index in [1.807, 2.05) is 43.0 Å². The van der Waals surface area contributed by atoms with Crippen LogP contribution in [0, 0.1) is 17.2 Å². The Bertz CT molecular complexity index is 563. The molecule has 4 nitrogen and oxygen atoms in total. The largest absolute Gasteiger partial charge is 0.497 e. The second-order valence-corrected chi connectivity index (χ2v) is 6.55. The van der Waals surface area contributed by atoms with Crippen molar-refractivity contribution in [2.24, 2.45) is 5.92 Å². The number of likely N-dealkylation sites (N-methyl/N-ethyl adjacent to an activating group) is 1. The highest BCUT2D eigenvalue weighted by Gasteiger charge is 2.55. The Labute approximate surface area is 136 Å². The van der Waals surface area contributed by atoms with Gasteiger partial charge in [-0.2, -0.15) is 5.26 Å². The van der Waals surface area contributed by atoms with Crippen molar-refractivity contribution in [3.8, 4) is 11.8 Å². The number of benzene rings is 1. The molecule has 5 heteroatoms. The summed E-state index contributed by atoms with van der Waals surface area (Å²) in [5, 5.41) is 9.87. The van der Waals surface area contributed by atoms with E-state index in [0.29, 0.717) is 12.3 Å². The van der Waals surface area contributed by atoms with Crippen molar-refractivity contribution in [3.63, 3.8) is 0 Å². The predicted molar refractivity (Wildman–Crippen MR) is 90.2 cm³/mol. The summed E-state index contributed by atoms with van der Waals surface area (Å²) in [6.07, 6.45) is 1.88. The van der Waals surface area contributed by atoms with Gasteiger partial charge in [-0.3, -0.25) is 4.79 Å². The second-order valence-electron chi connectivity index (χ2n) is 5.32. The number of hydrogen-bond donors (Lipinski definition) is 0. The van der Waals surface area contributed by atoms with E-state index in [-0.39, 0.29) is 11.0 Å². The van der Waals surface area contributed by atoms with Crippen LogP contribution in [-0.2, 0) is 4.79 Å². The standard InChI is InChI=1S/C17H22N2O2S/c1-4-19(14-8-10-15(21-3)11-9-14)17(12-18,13-6-7-13)16(20)22-5-2/h8-11,13H,4-7H2,1-3H3. The minimum atomic E-state index is -1.05. The average Bonchev–Trinajstić information content (AvgIpc) is 3.38. The Balaban J connectivity index is 2.42. The van der Waals surface area contributed by atoms with Gasteiger partial charge in [-0.25, -0.2) is 0 Å². The van der Waals surface area contributed by atoms with E-state index in [4.69, 9.17) is 4.74 Å². The Hall–Kier alpha value is -1.67.